The summed E-state index contributed by atoms with van der Waals surface area (Å²) < 4.78 is 55.6. The van der Waals surface area contributed by atoms with Gasteiger partial charge < -0.3 is 14.4 Å². The van der Waals surface area contributed by atoms with Crippen LogP contribution in [0.4, 0.5) is 18.0 Å². The molecular formula is C28H29F3N6O3. The van der Waals surface area contributed by atoms with Crippen molar-refractivity contribution in [2.75, 3.05) is 26.3 Å². The van der Waals surface area contributed by atoms with E-state index in [-0.39, 0.29) is 24.9 Å². The van der Waals surface area contributed by atoms with E-state index in [0.717, 1.165) is 42.1 Å². The van der Waals surface area contributed by atoms with Crippen molar-refractivity contribution in [1.29, 1.82) is 0 Å². The van der Waals surface area contributed by atoms with Gasteiger partial charge in [-0.05, 0) is 44.4 Å². The largest absolute Gasteiger partial charge is 0.483 e. The highest BCUT2D eigenvalue weighted by atomic mass is 19.1. The Morgan fingerprint density at radius 2 is 1.77 bits per heavy atom. The minimum atomic E-state index is -0.716. The second-order valence-electron chi connectivity index (χ2n) is 10.4. The number of pyridine rings is 1. The molecule has 0 spiro atoms. The number of rotatable bonds is 5. The molecule has 0 saturated carbocycles. The number of carbonyl (C=O) groups excluding carboxylic acids is 1. The first-order valence-corrected chi connectivity index (χ1v) is 13.3. The number of benzene rings is 1. The predicted molar refractivity (Wildman–Crippen MR) is 139 cm³/mol. The van der Waals surface area contributed by atoms with E-state index in [1.165, 1.54) is 22.0 Å². The predicted octanol–water partition coefficient (Wildman–Crippen LogP) is 4.95. The number of hydrogen-bond donors (Lipinski definition) is 0. The van der Waals surface area contributed by atoms with Gasteiger partial charge in [-0.15, -0.1) is 0 Å². The third-order valence-corrected chi connectivity index (χ3v) is 7.65. The molecule has 2 amide bonds. The van der Waals surface area contributed by atoms with E-state index in [2.05, 4.69) is 10.1 Å². The highest BCUT2D eigenvalue weighted by molar-refractivity contribution is 5.79. The van der Waals surface area contributed by atoms with Crippen LogP contribution in [0, 0.1) is 31.3 Å². The molecule has 0 radical (unpaired) electrons. The van der Waals surface area contributed by atoms with Gasteiger partial charge in [0.05, 0.1) is 42.8 Å². The Bertz CT molecular complexity index is 1450. The van der Waals surface area contributed by atoms with Gasteiger partial charge >= 0.3 is 6.03 Å². The van der Waals surface area contributed by atoms with Crippen molar-refractivity contribution >= 4 is 12.2 Å². The van der Waals surface area contributed by atoms with Crippen LogP contribution in [0.2, 0.25) is 0 Å². The lowest BCUT2D eigenvalue weighted by atomic mass is 10.0. The molecule has 5 heterocycles. The molecule has 2 saturated heterocycles. The van der Waals surface area contributed by atoms with Gasteiger partial charge in [0.25, 0.3) is 0 Å². The molecule has 1 unspecified atom stereocenters. The van der Waals surface area contributed by atoms with Gasteiger partial charge in [0.15, 0.2) is 11.6 Å². The van der Waals surface area contributed by atoms with E-state index in [9.17, 15) is 18.0 Å². The van der Waals surface area contributed by atoms with Crippen LogP contribution in [0.25, 0.3) is 11.3 Å². The van der Waals surface area contributed by atoms with Gasteiger partial charge in [0.1, 0.15) is 17.7 Å². The quantitative estimate of drug-likeness (QED) is 0.446. The van der Waals surface area contributed by atoms with Crippen molar-refractivity contribution in [2.45, 2.75) is 51.3 Å². The maximum absolute atomic E-state index is 14.7. The zero-order chi connectivity index (χ0) is 28.0. The minimum Gasteiger partial charge on any atom is -0.483 e. The lowest BCUT2D eigenvalue weighted by molar-refractivity contribution is 0.0256. The molecule has 2 aromatic heterocycles. The SMILES string of the molecule is Cc1nn(C2CCOCC2)c(C)c1-c1cc(OC2CN(C(=O)N3N=CCC3c3cc(F)cc(F)c3)C2)c(F)cn1. The molecule has 1 aromatic carbocycles. The number of nitrogens with zero attached hydrogens (tertiary/aromatic N) is 6. The van der Waals surface area contributed by atoms with Crippen molar-refractivity contribution in [3.8, 4) is 17.0 Å². The van der Waals surface area contributed by atoms with Crippen LogP contribution in [-0.2, 0) is 4.74 Å². The van der Waals surface area contributed by atoms with E-state index < -0.39 is 35.6 Å². The number of ether oxygens (including phenoxy) is 2. The zero-order valence-corrected chi connectivity index (χ0v) is 22.2. The van der Waals surface area contributed by atoms with Crippen LogP contribution in [0.5, 0.6) is 5.75 Å². The second-order valence-corrected chi connectivity index (χ2v) is 10.4. The molecule has 0 bridgehead atoms. The normalized spacial score (nSPS) is 19.8. The summed E-state index contributed by atoms with van der Waals surface area (Å²) >= 11 is 0. The molecule has 2 fully saturated rings. The number of hydrogen-bond acceptors (Lipinski definition) is 6. The third kappa shape index (κ3) is 4.91. The van der Waals surface area contributed by atoms with Crippen molar-refractivity contribution < 1.29 is 27.4 Å². The number of hydrazone groups is 1. The summed E-state index contributed by atoms with van der Waals surface area (Å²) in [5.74, 6) is -1.98. The standard InChI is InChI=1S/C28H29F3N6O3/c1-16-27(17(2)36(34-16)21-4-7-39-8-5-21)24-12-26(23(31)13-32-24)40-22-14-35(15-22)28(38)37-25(3-6-33-37)18-9-19(29)11-20(30)10-18/h6,9-13,21-22,25H,3-5,7-8,14-15H2,1-2H3. The van der Waals surface area contributed by atoms with Crippen molar-refractivity contribution in [1.82, 2.24) is 24.7 Å². The van der Waals surface area contributed by atoms with Crippen LogP contribution < -0.4 is 4.74 Å². The molecule has 1 atom stereocenters. The van der Waals surface area contributed by atoms with Crippen LogP contribution in [0.3, 0.4) is 0 Å². The maximum Gasteiger partial charge on any atom is 0.341 e. The molecule has 0 N–H and O–H groups in total. The van der Waals surface area contributed by atoms with Gasteiger partial charge in [-0.1, -0.05) is 0 Å². The summed E-state index contributed by atoms with van der Waals surface area (Å²) in [6.07, 6.45) is 4.35. The van der Waals surface area contributed by atoms with Gasteiger partial charge in [0.2, 0.25) is 0 Å². The fourth-order valence-corrected chi connectivity index (χ4v) is 5.60. The molecule has 40 heavy (non-hydrogen) atoms. The van der Waals surface area contributed by atoms with Crippen molar-refractivity contribution in [3.63, 3.8) is 0 Å². The highest BCUT2D eigenvalue weighted by Gasteiger charge is 2.39. The van der Waals surface area contributed by atoms with Crippen LogP contribution in [-0.4, -0.2) is 69.3 Å². The number of carbonyl (C=O) groups is 1. The van der Waals surface area contributed by atoms with Gasteiger partial charge in [0, 0.05) is 49.2 Å². The molecule has 0 aliphatic carbocycles. The van der Waals surface area contributed by atoms with E-state index in [1.54, 1.807) is 12.3 Å². The van der Waals surface area contributed by atoms with E-state index in [0.29, 0.717) is 30.9 Å². The summed E-state index contributed by atoms with van der Waals surface area (Å²) in [4.78, 5) is 18.9. The topological polar surface area (TPSA) is 85.1 Å². The van der Waals surface area contributed by atoms with Crippen LogP contribution in [0.15, 0.2) is 35.6 Å². The lowest BCUT2D eigenvalue weighted by Gasteiger charge is -2.41. The number of aromatic nitrogens is 3. The van der Waals surface area contributed by atoms with E-state index >= 15 is 0 Å². The minimum absolute atomic E-state index is 0.0482. The number of likely N-dealkylation sites (tertiary alicyclic amines) is 1. The molecular weight excluding hydrogens is 525 g/mol. The van der Waals surface area contributed by atoms with Crippen LogP contribution >= 0.6 is 0 Å². The Hall–Kier alpha value is -3.93. The van der Waals surface area contributed by atoms with Crippen molar-refractivity contribution in [3.05, 3.63) is 64.9 Å². The molecule has 3 aromatic rings. The Kier molecular flexibility index (Phi) is 6.95. The van der Waals surface area contributed by atoms with Crippen LogP contribution in [0.1, 0.15) is 48.3 Å². The Balaban J connectivity index is 1.13. The fourth-order valence-electron chi connectivity index (χ4n) is 5.60. The maximum atomic E-state index is 14.7. The number of urea groups is 1. The first-order chi connectivity index (χ1) is 19.3. The summed E-state index contributed by atoms with van der Waals surface area (Å²) in [5.41, 5.74) is 3.48. The van der Waals surface area contributed by atoms with E-state index in [1.807, 2.05) is 18.5 Å². The number of aryl methyl sites for hydroxylation is 1. The summed E-state index contributed by atoms with van der Waals surface area (Å²) in [6, 6.07) is 3.99. The summed E-state index contributed by atoms with van der Waals surface area (Å²) in [7, 11) is 0. The average molecular weight is 555 g/mol. The Morgan fingerprint density at radius 3 is 2.50 bits per heavy atom. The zero-order valence-electron chi connectivity index (χ0n) is 22.2. The second kappa shape index (κ2) is 10.6. The Labute approximate surface area is 229 Å². The van der Waals surface area contributed by atoms with Gasteiger partial charge in [-0.25, -0.2) is 23.0 Å². The van der Waals surface area contributed by atoms with E-state index in [4.69, 9.17) is 14.6 Å². The average Bonchev–Trinajstić information content (AvgIpc) is 3.51. The molecule has 6 rings (SSSR count). The first-order valence-electron chi connectivity index (χ1n) is 13.3. The highest BCUT2D eigenvalue weighted by Crippen LogP contribution is 2.34. The molecule has 9 nitrogen and oxygen atoms in total. The van der Waals surface area contributed by atoms with Gasteiger partial charge in [-0.2, -0.15) is 10.2 Å². The number of amides is 2. The summed E-state index contributed by atoms with van der Waals surface area (Å²) in [6.45, 7) is 5.71. The first kappa shape index (κ1) is 26.3. The van der Waals surface area contributed by atoms with Crippen molar-refractivity contribution in [2.24, 2.45) is 5.10 Å². The monoisotopic (exact) mass is 554 g/mol. The fraction of sp³-hybridized carbons (Fsp3) is 0.429. The number of halogens is 3. The lowest BCUT2D eigenvalue weighted by Crippen LogP contribution is -2.58. The smallest absolute Gasteiger partial charge is 0.341 e. The Morgan fingerprint density at radius 1 is 1.05 bits per heavy atom. The molecule has 3 aliphatic rings. The van der Waals surface area contributed by atoms with Gasteiger partial charge in [-0.3, -0.25) is 9.67 Å². The molecule has 3 aliphatic heterocycles. The molecule has 210 valence electrons. The third-order valence-electron chi connectivity index (χ3n) is 7.65. The summed E-state index contributed by atoms with van der Waals surface area (Å²) in [5, 5.41) is 10.1. The molecule has 12 heteroatoms.